The van der Waals surface area contributed by atoms with E-state index < -0.39 is 10.0 Å². The molecule has 1 N–H and O–H groups in total. The molecule has 1 aliphatic heterocycles. The molecule has 5 nitrogen and oxygen atoms in total. The van der Waals surface area contributed by atoms with Crippen LogP contribution in [-0.4, -0.2) is 37.8 Å². The second-order valence-electron chi connectivity index (χ2n) is 5.94. The summed E-state index contributed by atoms with van der Waals surface area (Å²) in [5, 5.41) is 3.46. The van der Waals surface area contributed by atoms with E-state index in [1.807, 2.05) is 0 Å². The Morgan fingerprint density at radius 3 is 2.50 bits per heavy atom. The molecule has 1 atom stereocenters. The van der Waals surface area contributed by atoms with E-state index in [9.17, 15) is 13.2 Å². The third-order valence-corrected chi connectivity index (χ3v) is 6.26. The van der Waals surface area contributed by atoms with Crippen molar-refractivity contribution in [1.29, 1.82) is 0 Å². The average Bonchev–Trinajstić information content (AvgIpc) is 3.32. The number of halogens is 1. The van der Waals surface area contributed by atoms with Gasteiger partial charge >= 0.3 is 0 Å². The molecule has 1 aromatic rings. The Labute approximate surface area is 135 Å². The number of benzene rings is 1. The van der Waals surface area contributed by atoms with Gasteiger partial charge in [-0.25, -0.2) is 8.42 Å². The molecular weight excluding hydrogens is 324 g/mol. The maximum Gasteiger partial charge on any atom is 0.243 e. The summed E-state index contributed by atoms with van der Waals surface area (Å²) in [6.07, 6.45) is 3.51. The topological polar surface area (TPSA) is 66.5 Å². The van der Waals surface area contributed by atoms with Crippen LogP contribution in [0.25, 0.3) is 0 Å². The van der Waals surface area contributed by atoms with Crippen LogP contribution in [0.3, 0.4) is 0 Å². The molecule has 1 amide bonds. The molecule has 120 valence electrons. The van der Waals surface area contributed by atoms with Crippen molar-refractivity contribution < 1.29 is 13.2 Å². The summed E-state index contributed by atoms with van der Waals surface area (Å²) in [4.78, 5) is 12.4. The van der Waals surface area contributed by atoms with Gasteiger partial charge in [-0.15, -0.1) is 0 Å². The average molecular weight is 343 g/mol. The smallest absolute Gasteiger partial charge is 0.243 e. The van der Waals surface area contributed by atoms with E-state index in [-0.39, 0.29) is 23.3 Å². The molecule has 7 heteroatoms. The number of rotatable bonds is 4. The van der Waals surface area contributed by atoms with Gasteiger partial charge in [-0.3, -0.25) is 4.79 Å². The van der Waals surface area contributed by atoms with Crippen molar-refractivity contribution in [2.45, 2.75) is 36.6 Å². The number of carbonyl (C=O) groups is 1. The summed E-state index contributed by atoms with van der Waals surface area (Å²) >= 11 is 5.81. The summed E-state index contributed by atoms with van der Waals surface area (Å²) in [5.41, 5.74) is 0. The minimum absolute atomic E-state index is 0.0153. The Hall–Kier alpha value is -1.11. The minimum Gasteiger partial charge on any atom is -0.353 e. The van der Waals surface area contributed by atoms with E-state index in [1.165, 1.54) is 16.4 Å². The number of piperidine rings is 1. The first kappa shape index (κ1) is 15.8. The molecule has 2 aliphatic rings. The van der Waals surface area contributed by atoms with Crippen LogP contribution in [0.15, 0.2) is 29.2 Å². The van der Waals surface area contributed by atoms with Crippen LogP contribution in [0.4, 0.5) is 0 Å². The zero-order valence-corrected chi connectivity index (χ0v) is 13.7. The van der Waals surface area contributed by atoms with E-state index in [0.717, 1.165) is 19.3 Å². The predicted molar refractivity (Wildman–Crippen MR) is 84.1 cm³/mol. The Morgan fingerprint density at radius 1 is 1.18 bits per heavy atom. The molecule has 0 aromatic heterocycles. The van der Waals surface area contributed by atoms with Crippen LogP contribution in [0.5, 0.6) is 0 Å². The second-order valence-corrected chi connectivity index (χ2v) is 8.31. The molecular formula is C15H19ClN2O3S. The van der Waals surface area contributed by atoms with Crippen molar-refractivity contribution in [3.63, 3.8) is 0 Å². The van der Waals surface area contributed by atoms with Gasteiger partial charge in [0.05, 0.1) is 10.8 Å². The zero-order valence-electron chi connectivity index (χ0n) is 12.2. The van der Waals surface area contributed by atoms with Gasteiger partial charge in [-0.05, 0) is 49.9 Å². The summed E-state index contributed by atoms with van der Waals surface area (Å²) in [5.74, 6) is -0.269. The standard InChI is InChI=1S/C15H19ClN2O3S/c16-12-3-7-14(8-4-12)22(20,21)18-9-1-2-11(10-18)15(19)17-13-5-6-13/h3-4,7-8,11,13H,1-2,5-6,9-10H2,(H,17,19)/t11-/m0/s1. The Balaban J connectivity index is 1.72. The predicted octanol–water partition coefficient (Wildman–Crippen LogP) is 2.02. The van der Waals surface area contributed by atoms with Crippen molar-refractivity contribution in [1.82, 2.24) is 9.62 Å². The van der Waals surface area contributed by atoms with Gasteiger partial charge in [0.2, 0.25) is 15.9 Å². The lowest BCUT2D eigenvalue weighted by Gasteiger charge is -2.31. The van der Waals surface area contributed by atoms with E-state index in [1.54, 1.807) is 12.1 Å². The first-order valence-corrected chi connectivity index (χ1v) is 9.35. The second kappa shape index (κ2) is 6.18. The fourth-order valence-corrected chi connectivity index (χ4v) is 4.33. The molecule has 1 aliphatic carbocycles. The van der Waals surface area contributed by atoms with Gasteiger partial charge in [-0.1, -0.05) is 11.6 Å². The number of hydrogen-bond acceptors (Lipinski definition) is 3. The lowest BCUT2D eigenvalue weighted by atomic mass is 9.99. The Kier molecular flexibility index (Phi) is 4.43. The SMILES string of the molecule is O=C(NC1CC1)[C@H]1CCCN(S(=O)(=O)c2ccc(Cl)cc2)C1. The van der Waals surface area contributed by atoms with Crippen molar-refractivity contribution in [2.75, 3.05) is 13.1 Å². The highest BCUT2D eigenvalue weighted by atomic mass is 35.5. The third-order valence-electron chi connectivity index (χ3n) is 4.13. The highest BCUT2D eigenvalue weighted by Gasteiger charge is 2.35. The lowest BCUT2D eigenvalue weighted by molar-refractivity contribution is -0.126. The van der Waals surface area contributed by atoms with Gasteiger partial charge in [0, 0.05) is 24.2 Å². The van der Waals surface area contributed by atoms with Crippen LogP contribution in [0.2, 0.25) is 5.02 Å². The first-order chi connectivity index (χ1) is 10.5. The monoisotopic (exact) mass is 342 g/mol. The molecule has 2 fully saturated rings. The quantitative estimate of drug-likeness (QED) is 0.910. The van der Waals surface area contributed by atoms with Crippen LogP contribution < -0.4 is 5.32 Å². The van der Waals surface area contributed by atoms with Crippen LogP contribution in [-0.2, 0) is 14.8 Å². The number of sulfonamides is 1. The van der Waals surface area contributed by atoms with Gasteiger partial charge < -0.3 is 5.32 Å². The first-order valence-electron chi connectivity index (χ1n) is 7.53. The summed E-state index contributed by atoms with van der Waals surface area (Å²) in [6.45, 7) is 0.710. The molecule has 3 rings (SSSR count). The minimum atomic E-state index is -3.56. The lowest BCUT2D eigenvalue weighted by Crippen LogP contribution is -2.45. The van der Waals surface area contributed by atoms with Crippen molar-refractivity contribution in [3.05, 3.63) is 29.3 Å². The molecule has 1 heterocycles. The molecule has 1 saturated carbocycles. The van der Waals surface area contributed by atoms with Crippen molar-refractivity contribution >= 4 is 27.5 Å². The van der Waals surface area contributed by atoms with Crippen molar-refractivity contribution in [2.24, 2.45) is 5.92 Å². The van der Waals surface area contributed by atoms with Gasteiger partial charge in [0.15, 0.2) is 0 Å². The summed E-state index contributed by atoms with van der Waals surface area (Å²) in [6, 6.07) is 6.44. The maximum absolute atomic E-state index is 12.7. The fraction of sp³-hybridized carbons (Fsp3) is 0.533. The molecule has 1 aromatic carbocycles. The molecule has 1 saturated heterocycles. The largest absolute Gasteiger partial charge is 0.353 e. The molecule has 0 spiro atoms. The molecule has 0 unspecified atom stereocenters. The number of nitrogens with zero attached hydrogens (tertiary/aromatic N) is 1. The highest BCUT2D eigenvalue weighted by molar-refractivity contribution is 7.89. The van der Waals surface area contributed by atoms with Gasteiger partial charge in [0.25, 0.3) is 0 Å². The van der Waals surface area contributed by atoms with Gasteiger partial charge in [-0.2, -0.15) is 4.31 Å². The van der Waals surface area contributed by atoms with Crippen molar-refractivity contribution in [3.8, 4) is 0 Å². The number of amides is 1. The summed E-state index contributed by atoms with van der Waals surface area (Å²) < 4.78 is 26.7. The zero-order chi connectivity index (χ0) is 15.7. The molecule has 22 heavy (non-hydrogen) atoms. The Bertz CT molecular complexity index is 656. The molecule has 0 radical (unpaired) electrons. The van der Waals surface area contributed by atoms with Crippen LogP contribution in [0.1, 0.15) is 25.7 Å². The van der Waals surface area contributed by atoms with E-state index in [0.29, 0.717) is 24.0 Å². The number of nitrogens with one attached hydrogen (secondary N) is 1. The number of carbonyl (C=O) groups excluding carboxylic acids is 1. The highest BCUT2D eigenvalue weighted by Crippen LogP contribution is 2.26. The third kappa shape index (κ3) is 3.45. The van der Waals surface area contributed by atoms with E-state index in [4.69, 9.17) is 11.6 Å². The fourth-order valence-electron chi connectivity index (χ4n) is 2.68. The van der Waals surface area contributed by atoms with Gasteiger partial charge in [0.1, 0.15) is 0 Å². The Morgan fingerprint density at radius 2 is 1.86 bits per heavy atom. The van der Waals surface area contributed by atoms with E-state index >= 15 is 0 Å². The summed E-state index contributed by atoms with van der Waals surface area (Å²) in [7, 11) is -3.56. The van der Waals surface area contributed by atoms with E-state index in [2.05, 4.69) is 5.32 Å². The maximum atomic E-state index is 12.7. The number of hydrogen-bond donors (Lipinski definition) is 1. The molecule has 0 bridgehead atoms. The van der Waals surface area contributed by atoms with Crippen LogP contribution in [0, 0.1) is 5.92 Å². The van der Waals surface area contributed by atoms with Crippen LogP contribution >= 0.6 is 11.6 Å². The normalized spacial score (nSPS) is 23.2.